The molecule has 3 nitrogen and oxygen atoms in total. The highest BCUT2D eigenvalue weighted by molar-refractivity contribution is 14.0. The molecule has 1 atom stereocenters. The average molecular weight is 433 g/mol. The first-order valence-electron chi connectivity index (χ1n) is 6.60. The molecule has 0 aliphatic rings. The van der Waals surface area contributed by atoms with E-state index in [1.165, 1.54) is 7.05 Å². The fourth-order valence-corrected chi connectivity index (χ4v) is 1.68. The summed E-state index contributed by atoms with van der Waals surface area (Å²) in [6.45, 7) is 3.82. The molecule has 0 aliphatic heterocycles. The highest BCUT2D eigenvalue weighted by Gasteiger charge is 2.33. The lowest BCUT2D eigenvalue weighted by atomic mass is 10.1. The van der Waals surface area contributed by atoms with Gasteiger partial charge in [-0.2, -0.15) is 13.2 Å². The quantitative estimate of drug-likeness (QED) is 0.327. The van der Waals surface area contributed by atoms with Crippen molar-refractivity contribution in [3.05, 3.63) is 35.1 Å². The van der Waals surface area contributed by atoms with E-state index >= 15 is 0 Å². The van der Waals surface area contributed by atoms with Gasteiger partial charge >= 0.3 is 6.18 Å². The number of halogens is 5. The molecular weight excluding hydrogens is 413 g/mol. The molecule has 0 amide bonds. The molecule has 0 saturated heterocycles. The number of benzene rings is 1. The van der Waals surface area contributed by atoms with Crippen LogP contribution in [0, 0.1) is 5.82 Å². The van der Waals surface area contributed by atoms with Crippen molar-refractivity contribution in [2.45, 2.75) is 39.0 Å². The summed E-state index contributed by atoms with van der Waals surface area (Å²) in [5.74, 6) is -0.505. The third-order valence-corrected chi connectivity index (χ3v) is 3.04. The molecule has 0 saturated carbocycles. The molecule has 2 N–H and O–H groups in total. The summed E-state index contributed by atoms with van der Waals surface area (Å²) in [7, 11) is 1.53. The fraction of sp³-hybridized carbons (Fsp3) is 0.500. The SMILES string of the molecule is CCC(C)NC(=NC)NCc1ccc(F)cc1C(F)(F)F.I. The smallest absolute Gasteiger partial charge is 0.354 e. The van der Waals surface area contributed by atoms with Crippen molar-refractivity contribution in [1.29, 1.82) is 0 Å². The molecular formula is C14H20F4IN3. The third kappa shape index (κ3) is 6.37. The van der Waals surface area contributed by atoms with Crippen LogP contribution in [0.4, 0.5) is 17.6 Å². The van der Waals surface area contributed by atoms with Gasteiger partial charge in [-0.15, -0.1) is 24.0 Å². The standard InChI is InChI=1S/C14H19F4N3.HI/c1-4-9(2)21-13(19-3)20-8-10-5-6-11(15)7-12(10)14(16,17)18;/h5-7,9H,4,8H2,1-3H3,(H2,19,20,21);1H. The zero-order valence-corrected chi connectivity index (χ0v) is 14.9. The Morgan fingerprint density at radius 3 is 2.45 bits per heavy atom. The molecule has 0 spiro atoms. The Labute approximate surface area is 144 Å². The van der Waals surface area contributed by atoms with E-state index < -0.39 is 17.6 Å². The van der Waals surface area contributed by atoms with Gasteiger partial charge in [0.15, 0.2) is 5.96 Å². The Morgan fingerprint density at radius 2 is 1.95 bits per heavy atom. The van der Waals surface area contributed by atoms with Gasteiger partial charge in [0.05, 0.1) is 5.56 Å². The van der Waals surface area contributed by atoms with Crippen LogP contribution in [0.25, 0.3) is 0 Å². The minimum Gasteiger partial charge on any atom is -0.354 e. The molecule has 1 unspecified atom stereocenters. The fourth-order valence-electron chi connectivity index (χ4n) is 1.68. The van der Waals surface area contributed by atoms with Gasteiger partial charge in [-0.25, -0.2) is 4.39 Å². The first-order chi connectivity index (χ1) is 9.77. The number of hydrogen-bond donors (Lipinski definition) is 2. The molecule has 0 bridgehead atoms. The van der Waals surface area contributed by atoms with E-state index in [1.54, 1.807) is 0 Å². The Hall–Kier alpha value is -1.06. The molecule has 1 aromatic carbocycles. The van der Waals surface area contributed by atoms with Gasteiger partial charge in [0, 0.05) is 19.6 Å². The zero-order valence-electron chi connectivity index (χ0n) is 12.6. The lowest BCUT2D eigenvalue weighted by Gasteiger charge is -2.18. The minimum atomic E-state index is -4.59. The number of alkyl halides is 3. The van der Waals surface area contributed by atoms with E-state index in [1.807, 2.05) is 13.8 Å². The van der Waals surface area contributed by atoms with Gasteiger partial charge in [-0.1, -0.05) is 13.0 Å². The molecule has 0 aromatic heterocycles. The van der Waals surface area contributed by atoms with Crippen LogP contribution in [0.2, 0.25) is 0 Å². The number of nitrogens with one attached hydrogen (secondary N) is 2. The maximum absolute atomic E-state index is 13.0. The van der Waals surface area contributed by atoms with Gasteiger partial charge in [0.25, 0.3) is 0 Å². The predicted octanol–water partition coefficient (Wildman–Crippen LogP) is 3.93. The predicted molar refractivity (Wildman–Crippen MR) is 89.9 cm³/mol. The molecule has 0 radical (unpaired) electrons. The molecule has 0 fully saturated rings. The van der Waals surface area contributed by atoms with Gasteiger partial charge in [-0.05, 0) is 31.0 Å². The number of rotatable bonds is 4. The van der Waals surface area contributed by atoms with Crippen molar-refractivity contribution >= 4 is 29.9 Å². The van der Waals surface area contributed by atoms with Crippen LogP contribution in [0.5, 0.6) is 0 Å². The normalized spacial score (nSPS) is 13.3. The average Bonchev–Trinajstić information content (AvgIpc) is 2.43. The van der Waals surface area contributed by atoms with E-state index in [4.69, 9.17) is 0 Å². The van der Waals surface area contributed by atoms with Crippen LogP contribution >= 0.6 is 24.0 Å². The second kappa shape index (κ2) is 9.16. The molecule has 1 rings (SSSR count). The second-order valence-corrected chi connectivity index (χ2v) is 4.68. The number of hydrogen-bond acceptors (Lipinski definition) is 1. The van der Waals surface area contributed by atoms with Crippen LogP contribution in [-0.4, -0.2) is 19.0 Å². The Morgan fingerprint density at radius 1 is 1.32 bits per heavy atom. The van der Waals surface area contributed by atoms with Crippen LogP contribution in [-0.2, 0) is 12.7 Å². The maximum atomic E-state index is 13.0. The van der Waals surface area contributed by atoms with Crippen molar-refractivity contribution in [3.63, 3.8) is 0 Å². The van der Waals surface area contributed by atoms with Crippen LogP contribution in [0.3, 0.4) is 0 Å². The summed E-state index contributed by atoms with van der Waals surface area (Å²) in [6.07, 6.45) is -3.74. The molecule has 1 aromatic rings. The number of aliphatic imine (C=N–C) groups is 1. The van der Waals surface area contributed by atoms with Gasteiger partial charge in [-0.3, -0.25) is 4.99 Å². The first kappa shape index (κ1) is 20.9. The van der Waals surface area contributed by atoms with Crippen molar-refractivity contribution < 1.29 is 17.6 Å². The Bertz CT molecular complexity index is 503. The van der Waals surface area contributed by atoms with Crippen molar-refractivity contribution in [2.75, 3.05) is 7.05 Å². The van der Waals surface area contributed by atoms with E-state index in [0.29, 0.717) is 12.0 Å². The van der Waals surface area contributed by atoms with Crippen LogP contribution in [0.15, 0.2) is 23.2 Å². The van der Waals surface area contributed by atoms with Gasteiger partial charge in [0.2, 0.25) is 0 Å². The lowest BCUT2D eigenvalue weighted by Crippen LogP contribution is -2.41. The molecule has 0 aliphatic carbocycles. The van der Waals surface area contributed by atoms with Crippen molar-refractivity contribution in [1.82, 2.24) is 10.6 Å². The molecule has 8 heteroatoms. The maximum Gasteiger partial charge on any atom is 0.416 e. The summed E-state index contributed by atoms with van der Waals surface area (Å²) in [6, 6.07) is 2.78. The Kier molecular flexibility index (Phi) is 8.72. The van der Waals surface area contributed by atoms with Crippen LogP contribution < -0.4 is 10.6 Å². The zero-order chi connectivity index (χ0) is 16.0. The largest absolute Gasteiger partial charge is 0.416 e. The molecule has 22 heavy (non-hydrogen) atoms. The summed E-state index contributed by atoms with van der Waals surface area (Å²) in [4.78, 5) is 3.94. The second-order valence-electron chi connectivity index (χ2n) is 4.68. The Balaban J connectivity index is 0.00000441. The summed E-state index contributed by atoms with van der Waals surface area (Å²) in [5, 5.41) is 5.84. The van der Waals surface area contributed by atoms with E-state index in [2.05, 4.69) is 15.6 Å². The van der Waals surface area contributed by atoms with Gasteiger partial charge < -0.3 is 10.6 Å². The number of nitrogens with zero attached hydrogens (tertiary/aromatic N) is 1. The topological polar surface area (TPSA) is 36.4 Å². The third-order valence-electron chi connectivity index (χ3n) is 3.04. The summed E-state index contributed by atoms with van der Waals surface area (Å²) >= 11 is 0. The van der Waals surface area contributed by atoms with E-state index in [9.17, 15) is 17.6 Å². The van der Waals surface area contributed by atoms with Gasteiger partial charge in [0.1, 0.15) is 5.82 Å². The summed E-state index contributed by atoms with van der Waals surface area (Å²) in [5.41, 5.74) is -1.01. The minimum absolute atomic E-state index is 0. The highest BCUT2D eigenvalue weighted by atomic mass is 127. The first-order valence-corrected chi connectivity index (χ1v) is 6.60. The van der Waals surface area contributed by atoms with E-state index in [0.717, 1.165) is 18.6 Å². The molecule has 126 valence electrons. The molecule has 0 heterocycles. The lowest BCUT2D eigenvalue weighted by molar-refractivity contribution is -0.138. The van der Waals surface area contributed by atoms with Crippen LogP contribution in [0.1, 0.15) is 31.4 Å². The van der Waals surface area contributed by atoms with Crippen molar-refractivity contribution in [2.24, 2.45) is 4.99 Å². The number of guanidine groups is 1. The summed E-state index contributed by atoms with van der Waals surface area (Å²) < 4.78 is 51.6. The van der Waals surface area contributed by atoms with Crippen molar-refractivity contribution in [3.8, 4) is 0 Å². The monoisotopic (exact) mass is 433 g/mol. The van der Waals surface area contributed by atoms with E-state index in [-0.39, 0.29) is 42.1 Å². The highest BCUT2D eigenvalue weighted by Crippen LogP contribution is 2.32.